The third kappa shape index (κ3) is 5.17. The molecular weight excluding hydrogens is 509 g/mol. The minimum Gasteiger partial charge on any atom is -0.497 e. The molecule has 204 valence electrons. The Morgan fingerprint density at radius 2 is 1.75 bits per heavy atom. The zero-order valence-corrected chi connectivity index (χ0v) is 22.2. The van der Waals surface area contributed by atoms with E-state index in [-0.39, 0.29) is 11.4 Å². The van der Waals surface area contributed by atoms with Gasteiger partial charge in [-0.2, -0.15) is 0 Å². The number of para-hydroxylation sites is 1. The number of nitrogens with zero attached hydrogens (tertiary/aromatic N) is 6. The van der Waals surface area contributed by atoms with Crippen LogP contribution in [0.15, 0.2) is 83.7 Å². The maximum absolute atomic E-state index is 14.5. The number of rotatable bonds is 8. The summed E-state index contributed by atoms with van der Waals surface area (Å²) >= 11 is 0. The molecule has 3 heterocycles. The quantitative estimate of drug-likeness (QED) is 0.321. The van der Waals surface area contributed by atoms with E-state index in [4.69, 9.17) is 4.74 Å². The average Bonchev–Trinajstić information content (AvgIpc) is 3.45. The zero-order chi connectivity index (χ0) is 27.5. The van der Waals surface area contributed by atoms with Crippen molar-refractivity contribution in [1.29, 1.82) is 0 Å². The van der Waals surface area contributed by atoms with E-state index in [0.29, 0.717) is 55.5 Å². The number of piperazine rings is 1. The predicted molar refractivity (Wildman–Crippen MR) is 151 cm³/mol. The number of methoxy groups -OCH3 is 1. The summed E-state index contributed by atoms with van der Waals surface area (Å²) in [4.78, 5) is 20.8. The number of fused-ring (bicyclic) bond motifs is 1. The van der Waals surface area contributed by atoms with Crippen LogP contribution in [0.2, 0.25) is 0 Å². The number of aromatic nitrogens is 5. The minimum absolute atomic E-state index is 0.197. The highest BCUT2D eigenvalue weighted by Gasteiger charge is 2.33. The standard InChI is InChI=1S/C30H30FN7O2/c1-40-23-11-12-26-22(19-23)20-24(30(39)32-26)28(29-33-34-35-38(29)14-13-21-7-3-2-4-8-21)37-17-15-36(16-18-37)27-10-6-5-9-25(27)31/h2-12,19-20,28H,13-18H2,1H3,(H,32,39). The molecule has 40 heavy (non-hydrogen) atoms. The molecule has 6 rings (SSSR count). The average molecular weight is 540 g/mol. The molecule has 5 aromatic rings. The van der Waals surface area contributed by atoms with Crippen molar-refractivity contribution in [3.05, 3.63) is 112 Å². The molecule has 0 spiro atoms. The summed E-state index contributed by atoms with van der Waals surface area (Å²) in [7, 11) is 1.62. The van der Waals surface area contributed by atoms with E-state index in [0.717, 1.165) is 17.3 Å². The molecule has 1 fully saturated rings. The van der Waals surface area contributed by atoms with Gasteiger partial charge in [0.15, 0.2) is 5.82 Å². The minimum atomic E-state index is -0.493. The van der Waals surface area contributed by atoms with E-state index in [2.05, 4.69) is 37.5 Å². The fraction of sp³-hybridized carbons (Fsp3) is 0.267. The Hall–Kier alpha value is -4.57. The maximum Gasteiger partial charge on any atom is 0.253 e. The van der Waals surface area contributed by atoms with Gasteiger partial charge in [-0.1, -0.05) is 42.5 Å². The Balaban J connectivity index is 1.36. The van der Waals surface area contributed by atoms with Gasteiger partial charge < -0.3 is 14.6 Å². The molecule has 2 aromatic heterocycles. The highest BCUT2D eigenvalue weighted by atomic mass is 19.1. The Morgan fingerprint density at radius 1 is 0.975 bits per heavy atom. The Kier molecular flexibility index (Phi) is 7.24. The lowest BCUT2D eigenvalue weighted by Crippen LogP contribution is -2.49. The number of tetrazole rings is 1. The fourth-order valence-electron chi connectivity index (χ4n) is 5.41. The molecule has 9 nitrogen and oxygen atoms in total. The molecule has 0 saturated carbocycles. The summed E-state index contributed by atoms with van der Waals surface area (Å²) in [5, 5.41) is 13.6. The number of H-pyrrole nitrogens is 1. The predicted octanol–water partition coefficient (Wildman–Crippen LogP) is 3.82. The molecule has 1 aliphatic heterocycles. The smallest absolute Gasteiger partial charge is 0.253 e. The van der Waals surface area contributed by atoms with Gasteiger partial charge in [0, 0.05) is 49.2 Å². The first-order valence-electron chi connectivity index (χ1n) is 13.3. The maximum atomic E-state index is 14.5. The number of pyridine rings is 1. The monoisotopic (exact) mass is 539 g/mol. The van der Waals surface area contributed by atoms with Gasteiger partial charge in [-0.3, -0.25) is 9.69 Å². The van der Waals surface area contributed by atoms with Gasteiger partial charge in [0.2, 0.25) is 0 Å². The van der Waals surface area contributed by atoms with Crippen molar-refractivity contribution < 1.29 is 9.13 Å². The molecule has 1 aliphatic rings. The molecule has 0 bridgehead atoms. The second kappa shape index (κ2) is 11.3. The van der Waals surface area contributed by atoms with Crippen LogP contribution >= 0.6 is 0 Å². The highest BCUT2D eigenvalue weighted by molar-refractivity contribution is 5.80. The second-order valence-electron chi connectivity index (χ2n) is 9.88. The molecule has 1 atom stereocenters. The second-order valence-corrected chi connectivity index (χ2v) is 9.88. The highest BCUT2D eigenvalue weighted by Crippen LogP contribution is 2.30. The molecule has 1 N–H and O–H groups in total. The third-order valence-corrected chi connectivity index (χ3v) is 7.51. The Bertz CT molecular complexity index is 1660. The number of aromatic amines is 1. The Labute approximate surface area is 230 Å². The van der Waals surface area contributed by atoms with E-state index >= 15 is 0 Å². The van der Waals surface area contributed by atoms with E-state index in [1.54, 1.807) is 23.9 Å². The first kappa shape index (κ1) is 25.7. The van der Waals surface area contributed by atoms with Crippen LogP contribution in [-0.2, 0) is 13.0 Å². The van der Waals surface area contributed by atoms with Gasteiger partial charge in [0.1, 0.15) is 17.6 Å². The lowest BCUT2D eigenvalue weighted by Gasteiger charge is -2.39. The summed E-state index contributed by atoms with van der Waals surface area (Å²) in [5.74, 6) is 1.06. The number of nitrogens with one attached hydrogen (secondary N) is 1. The van der Waals surface area contributed by atoms with E-state index in [1.807, 2.05) is 53.4 Å². The van der Waals surface area contributed by atoms with Crippen LogP contribution in [0.5, 0.6) is 5.75 Å². The number of hydrogen-bond acceptors (Lipinski definition) is 7. The molecule has 0 aliphatic carbocycles. The first-order chi connectivity index (χ1) is 19.6. The van der Waals surface area contributed by atoms with Crippen molar-refractivity contribution in [1.82, 2.24) is 30.1 Å². The third-order valence-electron chi connectivity index (χ3n) is 7.51. The number of ether oxygens (including phenoxy) is 1. The lowest BCUT2D eigenvalue weighted by molar-refractivity contribution is 0.199. The molecule has 0 amide bonds. The van der Waals surface area contributed by atoms with Crippen LogP contribution in [0.25, 0.3) is 10.9 Å². The molecule has 10 heteroatoms. The molecule has 0 radical (unpaired) electrons. The van der Waals surface area contributed by atoms with Gasteiger partial charge in [-0.05, 0) is 58.8 Å². The van der Waals surface area contributed by atoms with E-state index in [1.165, 1.54) is 11.6 Å². The van der Waals surface area contributed by atoms with Crippen LogP contribution in [0.1, 0.15) is 23.0 Å². The number of hydrogen-bond donors (Lipinski definition) is 1. The summed E-state index contributed by atoms with van der Waals surface area (Å²) in [5.41, 5.74) is 2.84. The van der Waals surface area contributed by atoms with Crippen molar-refractivity contribution in [3.8, 4) is 5.75 Å². The van der Waals surface area contributed by atoms with Gasteiger partial charge in [0.05, 0.1) is 12.8 Å². The summed E-state index contributed by atoms with van der Waals surface area (Å²) in [6.07, 6.45) is 0.748. The van der Waals surface area contributed by atoms with E-state index < -0.39 is 6.04 Å². The topological polar surface area (TPSA) is 92.2 Å². The van der Waals surface area contributed by atoms with Crippen molar-refractivity contribution in [2.24, 2.45) is 0 Å². The van der Waals surface area contributed by atoms with Crippen LogP contribution in [0, 0.1) is 5.82 Å². The van der Waals surface area contributed by atoms with Crippen LogP contribution in [0.3, 0.4) is 0 Å². The fourth-order valence-corrected chi connectivity index (χ4v) is 5.41. The van der Waals surface area contributed by atoms with Gasteiger partial charge >= 0.3 is 0 Å². The van der Waals surface area contributed by atoms with Crippen molar-refractivity contribution in [2.75, 3.05) is 38.2 Å². The first-order valence-corrected chi connectivity index (χ1v) is 13.3. The van der Waals surface area contributed by atoms with E-state index in [9.17, 15) is 9.18 Å². The van der Waals surface area contributed by atoms with Crippen molar-refractivity contribution in [2.45, 2.75) is 19.0 Å². The summed E-state index contributed by atoms with van der Waals surface area (Å²) in [6.45, 7) is 2.96. The molecular formula is C30H30FN7O2. The number of halogens is 1. The van der Waals surface area contributed by atoms with Gasteiger partial charge in [-0.15, -0.1) is 5.10 Å². The van der Waals surface area contributed by atoms with Gasteiger partial charge in [-0.25, -0.2) is 9.07 Å². The SMILES string of the molecule is COc1ccc2[nH]c(=O)c(C(c3nnnn3CCc3ccccc3)N3CCN(c4ccccc4F)CC3)cc2c1. The van der Waals surface area contributed by atoms with Gasteiger partial charge in [0.25, 0.3) is 5.56 Å². The lowest BCUT2D eigenvalue weighted by atomic mass is 10.0. The summed E-state index contributed by atoms with van der Waals surface area (Å²) in [6, 6.07) is 24.0. The van der Waals surface area contributed by atoms with Crippen molar-refractivity contribution in [3.63, 3.8) is 0 Å². The zero-order valence-electron chi connectivity index (χ0n) is 22.2. The Morgan fingerprint density at radius 3 is 2.52 bits per heavy atom. The number of benzene rings is 3. The summed E-state index contributed by atoms with van der Waals surface area (Å²) < 4.78 is 21.7. The largest absolute Gasteiger partial charge is 0.497 e. The van der Waals surface area contributed by atoms with Crippen molar-refractivity contribution >= 4 is 16.6 Å². The van der Waals surface area contributed by atoms with Crippen LogP contribution in [-0.4, -0.2) is 63.4 Å². The number of aryl methyl sites for hydroxylation is 2. The van der Waals surface area contributed by atoms with Crippen LogP contribution < -0.4 is 15.2 Å². The normalized spacial score (nSPS) is 14.9. The molecule has 1 unspecified atom stereocenters. The number of anilines is 1. The van der Waals surface area contributed by atoms with Crippen LogP contribution in [0.4, 0.5) is 10.1 Å². The molecule has 3 aromatic carbocycles. The molecule has 1 saturated heterocycles.